The fourth-order valence-electron chi connectivity index (χ4n) is 1.84. The van der Waals surface area contributed by atoms with Gasteiger partial charge in [-0.1, -0.05) is 57.7 Å². The van der Waals surface area contributed by atoms with E-state index >= 15 is 0 Å². The lowest BCUT2D eigenvalue weighted by molar-refractivity contribution is 0.301. The van der Waals surface area contributed by atoms with E-state index in [2.05, 4.69) is 67.9 Å². The molecule has 0 bridgehead atoms. The van der Waals surface area contributed by atoms with Crippen LogP contribution in [0.15, 0.2) is 42.5 Å². The molecule has 0 radical (unpaired) electrons. The fourth-order valence-corrected chi connectivity index (χ4v) is 1.84. The first-order valence-corrected chi connectivity index (χ1v) is 6.78. The minimum absolute atomic E-state index is 0.519. The number of nitrogens with zero attached hydrogens (tertiary/aromatic N) is 1. The molecule has 0 aliphatic carbocycles. The lowest BCUT2D eigenvalue weighted by Gasteiger charge is -2.22. The average Bonchev–Trinajstić information content (AvgIpc) is 2.37. The van der Waals surface area contributed by atoms with E-state index in [9.17, 15) is 0 Å². The van der Waals surface area contributed by atoms with Crippen molar-refractivity contribution in [3.05, 3.63) is 48.0 Å². The molecule has 18 heavy (non-hydrogen) atoms. The topological polar surface area (TPSA) is 15.3 Å². The maximum Gasteiger partial charge on any atom is 0.0237 e. The van der Waals surface area contributed by atoms with Gasteiger partial charge in [0.1, 0.15) is 0 Å². The van der Waals surface area contributed by atoms with E-state index in [0.29, 0.717) is 6.04 Å². The Morgan fingerprint density at radius 1 is 1.28 bits per heavy atom. The number of hydrogen-bond donors (Lipinski definition) is 1. The quantitative estimate of drug-likeness (QED) is 0.709. The van der Waals surface area contributed by atoms with Crippen molar-refractivity contribution in [1.29, 1.82) is 0 Å². The summed E-state index contributed by atoms with van der Waals surface area (Å²) >= 11 is 0. The van der Waals surface area contributed by atoms with Crippen molar-refractivity contribution in [3.8, 4) is 0 Å². The van der Waals surface area contributed by atoms with E-state index in [-0.39, 0.29) is 0 Å². The minimum atomic E-state index is 0.519. The van der Waals surface area contributed by atoms with Gasteiger partial charge in [0.15, 0.2) is 0 Å². The summed E-state index contributed by atoms with van der Waals surface area (Å²) < 4.78 is 0. The molecule has 2 heteroatoms. The molecule has 0 aliphatic rings. The van der Waals surface area contributed by atoms with Gasteiger partial charge >= 0.3 is 0 Å². The summed E-state index contributed by atoms with van der Waals surface area (Å²) in [6, 6.07) is 11.1. The number of nitrogens with one attached hydrogen (secondary N) is 1. The molecule has 0 fully saturated rings. The normalized spacial score (nSPS) is 11.2. The summed E-state index contributed by atoms with van der Waals surface area (Å²) in [6.07, 6.45) is 0. The third-order valence-corrected chi connectivity index (χ3v) is 2.90. The van der Waals surface area contributed by atoms with Crippen molar-refractivity contribution in [1.82, 2.24) is 10.2 Å². The Bertz CT molecular complexity index is 343. The molecule has 0 atom stereocenters. The number of hydrogen-bond acceptors (Lipinski definition) is 2. The molecule has 0 amide bonds. The van der Waals surface area contributed by atoms with Crippen LogP contribution in [0.4, 0.5) is 0 Å². The van der Waals surface area contributed by atoms with Gasteiger partial charge in [0.2, 0.25) is 0 Å². The van der Waals surface area contributed by atoms with Gasteiger partial charge in [-0.15, -0.1) is 0 Å². The number of likely N-dealkylation sites (N-methyl/N-ethyl adjacent to an activating group) is 1. The van der Waals surface area contributed by atoms with Gasteiger partial charge in [0.05, 0.1) is 0 Å². The van der Waals surface area contributed by atoms with Crippen LogP contribution in [0.5, 0.6) is 0 Å². The van der Waals surface area contributed by atoms with Crippen LogP contribution in [-0.2, 0) is 6.54 Å². The molecule has 0 saturated carbocycles. The molecule has 1 aromatic rings. The Labute approximate surface area is 112 Å². The predicted octanol–water partition coefficient (Wildman–Crippen LogP) is 3.06. The van der Waals surface area contributed by atoms with Crippen molar-refractivity contribution in [2.24, 2.45) is 0 Å². The maximum atomic E-state index is 4.15. The molecule has 1 aromatic carbocycles. The molecule has 0 aromatic heterocycles. The third kappa shape index (κ3) is 5.99. The van der Waals surface area contributed by atoms with Crippen LogP contribution < -0.4 is 5.32 Å². The van der Waals surface area contributed by atoms with E-state index in [4.69, 9.17) is 0 Å². The van der Waals surface area contributed by atoms with Crippen LogP contribution in [0.1, 0.15) is 26.3 Å². The number of benzene rings is 1. The smallest absolute Gasteiger partial charge is 0.0237 e. The van der Waals surface area contributed by atoms with Gasteiger partial charge in [0.25, 0.3) is 0 Å². The van der Waals surface area contributed by atoms with E-state index < -0.39 is 0 Å². The monoisotopic (exact) mass is 246 g/mol. The Balaban J connectivity index is 2.40. The van der Waals surface area contributed by atoms with Gasteiger partial charge in [0, 0.05) is 25.7 Å². The molecule has 1 rings (SSSR count). The molecule has 0 spiro atoms. The Morgan fingerprint density at radius 3 is 2.50 bits per heavy atom. The van der Waals surface area contributed by atoms with Crippen molar-refractivity contribution in [2.75, 3.05) is 19.6 Å². The highest BCUT2D eigenvalue weighted by molar-refractivity contribution is 5.15. The first kappa shape index (κ1) is 14.9. The van der Waals surface area contributed by atoms with E-state index in [1.807, 2.05) is 0 Å². The predicted molar refractivity (Wildman–Crippen MR) is 79.7 cm³/mol. The lowest BCUT2D eigenvalue weighted by atomic mass is 10.2. The van der Waals surface area contributed by atoms with Crippen LogP contribution in [-0.4, -0.2) is 30.6 Å². The molecule has 0 saturated heterocycles. The Kier molecular flexibility index (Phi) is 6.69. The number of rotatable bonds is 8. The second-order valence-electron chi connectivity index (χ2n) is 5.07. The zero-order valence-electron chi connectivity index (χ0n) is 11.9. The van der Waals surface area contributed by atoms with Gasteiger partial charge in [-0.05, 0) is 17.7 Å². The molecule has 0 heterocycles. The van der Waals surface area contributed by atoms with E-state index in [1.54, 1.807) is 0 Å². The van der Waals surface area contributed by atoms with Gasteiger partial charge in [-0.3, -0.25) is 4.90 Å². The molecular formula is C16H26N2. The highest BCUT2D eigenvalue weighted by Crippen LogP contribution is 2.06. The second-order valence-corrected chi connectivity index (χ2v) is 5.07. The maximum absolute atomic E-state index is 4.15. The summed E-state index contributed by atoms with van der Waals surface area (Å²) in [7, 11) is 0. The van der Waals surface area contributed by atoms with Crippen molar-refractivity contribution < 1.29 is 0 Å². The first-order valence-electron chi connectivity index (χ1n) is 6.78. The molecule has 1 N–H and O–H groups in total. The molecule has 2 nitrogen and oxygen atoms in total. The highest BCUT2D eigenvalue weighted by Gasteiger charge is 2.05. The second kappa shape index (κ2) is 8.06. The van der Waals surface area contributed by atoms with Crippen molar-refractivity contribution >= 4 is 0 Å². The third-order valence-electron chi connectivity index (χ3n) is 2.90. The molecule has 0 unspecified atom stereocenters. The first-order chi connectivity index (χ1) is 8.61. The molecule has 100 valence electrons. The summed E-state index contributed by atoms with van der Waals surface area (Å²) in [5.41, 5.74) is 2.62. The van der Waals surface area contributed by atoms with Gasteiger partial charge < -0.3 is 5.32 Å². The standard InChI is InChI=1S/C16H26N2/c1-5-18(12-15(4)11-17-14(2)3)13-16-9-7-6-8-10-16/h6-10,14,17H,4-5,11-13H2,1-3H3. The zero-order chi connectivity index (χ0) is 13.4. The van der Waals surface area contributed by atoms with Crippen LogP contribution >= 0.6 is 0 Å². The molecular weight excluding hydrogens is 220 g/mol. The summed E-state index contributed by atoms with van der Waals surface area (Å²) in [5.74, 6) is 0. The van der Waals surface area contributed by atoms with E-state index in [1.165, 1.54) is 11.1 Å². The van der Waals surface area contributed by atoms with Gasteiger partial charge in [-0.2, -0.15) is 0 Å². The van der Waals surface area contributed by atoms with E-state index in [0.717, 1.165) is 26.2 Å². The summed E-state index contributed by atoms with van der Waals surface area (Å²) in [5, 5.41) is 3.41. The average molecular weight is 246 g/mol. The summed E-state index contributed by atoms with van der Waals surface area (Å²) in [6.45, 7) is 14.6. The SMILES string of the molecule is C=C(CNC(C)C)CN(CC)Cc1ccccc1. The van der Waals surface area contributed by atoms with Crippen molar-refractivity contribution in [3.63, 3.8) is 0 Å². The minimum Gasteiger partial charge on any atom is -0.311 e. The lowest BCUT2D eigenvalue weighted by Crippen LogP contribution is -2.31. The van der Waals surface area contributed by atoms with Crippen LogP contribution in [0, 0.1) is 0 Å². The highest BCUT2D eigenvalue weighted by atomic mass is 15.1. The fraction of sp³-hybridized carbons (Fsp3) is 0.500. The Morgan fingerprint density at radius 2 is 1.94 bits per heavy atom. The van der Waals surface area contributed by atoms with Crippen LogP contribution in [0.2, 0.25) is 0 Å². The van der Waals surface area contributed by atoms with Crippen LogP contribution in [0.3, 0.4) is 0 Å². The molecule has 0 aliphatic heterocycles. The largest absolute Gasteiger partial charge is 0.311 e. The van der Waals surface area contributed by atoms with Crippen LogP contribution in [0.25, 0.3) is 0 Å². The van der Waals surface area contributed by atoms with Crippen molar-refractivity contribution in [2.45, 2.75) is 33.4 Å². The Hall–Kier alpha value is -1.12. The summed E-state index contributed by atoms with van der Waals surface area (Å²) in [4.78, 5) is 2.42. The van der Waals surface area contributed by atoms with Gasteiger partial charge in [-0.25, -0.2) is 0 Å². The zero-order valence-corrected chi connectivity index (χ0v) is 11.9.